The van der Waals surface area contributed by atoms with Gasteiger partial charge in [0.2, 0.25) is 0 Å². The summed E-state index contributed by atoms with van der Waals surface area (Å²) in [5, 5.41) is 13.0. The number of halogens is 1. The summed E-state index contributed by atoms with van der Waals surface area (Å²) in [7, 11) is 1.55. The van der Waals surface area contributed by atoms with Gasteiger partial charge in [-0.25, -0.2) is 4.79 Å². The quantitative estimate of drug-likeness (QED) is 0.691. The Balaban J connectivity index is 1.33. The Labute approximate surface area is 201 Å². The van der Waals surface area contributed by atoms with Crippen LogP contribution in [-0.2, 0) is 13.1 Å². The van der Waals surface area contributed by atoms with Gasteiger partial charge in [0, 0.05) is 43.2 Å². The van der Waals surface area contributed by atoms with Crippen molar-refractivity contribution in [1.29, 1.82) is 5.26 Å². The van der Waals surface area contributed by atoms with E-state index in [2.05, 4.69) is 34.5 Å². The standard InChI is InChI=1S/C26H31ClN4O2/c1-19-4-5-21(12-23(19)27)16-30-11-9-26(17-30)8-3-10-31(18-26)25(32)29-15-20-6-7-22(14-28)24(13-20)33-2/h4-7,12-13H,3,8-11,15-18H2,1-2H3,(H,29,32). The molecule has 0 aliphatic carbocycles. The van der Waals surface area contributed by atoms with E-state index in [9.17, 15) is 4.79 Å². The third-order valence-corrected chi connectivity index (χ3v) is 7.35. The number of ether oxygens (including phenoxy) is 1. The Morgan fingerprint density at radius 2 is 2.00 bits per heavy atom. The molecule has 1 unspecified atom stereocenters. The number of carbonyl (C=O) groups is 1. The van der Waals surface area contributed by atoms with Crippen LogP contribution < -0.4 is 10.1 Å². The first-order chi connectivity index (χ1) is 15.9. The molecule has 7 heteroatoms. The second kappa shape index (κ2) is 10.0. The third kappa shape index (κ3) is 5.43. The van der Waals surface area contributed by atoms with Crippen LogP contribution in [-0.4, -0.2) is 49.1 Å². The van der Waals surface area contributed by atoms with Gasteiger partial charge in [0.05, 0.1) is 12.7 Å². The largest absolute Gasteiger partial charge is 0.495 e. The lowest BCUT2D eigenvalue weighted by Crippen LogP contribution is -2.50. The average molecular weight is 467 g/mol. The molecular weight excluding hydrogens is 436 g/mol. The SMILES string of the molecule is COc1cc(CNC(=O)N2CCCC3(CCN(Cc4ccc(C)c(Cl)c4)C3)C2)ccc1C#N. The first-order valence-corrected chi connectivity index (χ1v) is 11.9. The highest BCUT2D eigenvalue weighted by Gasteiger charge is 2.42. The lowest BCUT2D eigenvalue weighted by Gasteiger charge is -2.40. The average Bonchev–Trinajstić information content (AvgIpc) is 3.20. The van der Waals surface area contributed by atoms with Gasteiger partial charge in [0.25, 0.3) is 0 Å². The third-order valence-electron chi connectivity index (χ3n) is 6.94. The molecule has 1 N–H and O–H groups in total. The van der Waals surface area contributed by atoms with Crippen molar-refractivity contribution in [3.05, 3.63) is 63.7 Å². The number of carbonyl (C=O) groups excluding carboxylic acids is 1. The number of nitrogens with one attached hydrogen (secondary N) is 1. The Kier molecular flexibility index (Phi) is 7.11. The van der Waals surface area contributed by atoms with E-state index in [1.54, 1.807) is 13.2 Å². The number of aryl methyl sites for hydroxylation is 1. The van der Waals surface area contributed by atoms with Gasteiger partial charge in [-0.05, 0) is 67.6 Å². The molecular formula is C26H31ClN4O2. The maximum atomic E-state index is 12.9. The molecule has 0 bridgehead atoms. The molecule has 2 heterocycles. The van der Waals surface area contributed by atoms with Gasteiger partial charge in [-0.2, -0.15) is 5.26 Å². The topological polar surface area (TPSA) is 68.6 Å². The number of amides is 2. The summed E-state index contributed by atoms with van der Waals surface area (Å²) >= 11 is 6.31. The van der Waals surface area contributed by atoms with Crippen LogP contribution >= 0.6 is 11.6 Å². The van der Waals surface area contributed by atoms with Crippen LogP contribution in [0.1, 0.15) is 41.5 Å². The van der Waals surface area contributed by atoms with E-state index in [-0.39, 0.29) is 11.4 Å². The molecule has 1 spiro atoms. The van der Waals surface area contributed by atoms with Crippen molar-refractivity contribution in [3.63, 3.8) is 0 Å². The highest BCUT2D eigenvalue weighted by Crippen LogP contribution is 2.39. The van der Waals surface area contributed by atoms with E-state index in [1.807, 2.05) is 24.0 Å². The molecule has 2 aromatic carbocycles. The van der Waals surface area contributed by atoms with E-state index < -0.39 is 0 Å². The minimum Gasteiger partial charge on any atom is -0.495 e. The molecule has 0 radical (unpaired) electrons. The molecule has 2 amide bonds. The smallest absolute Gasteiger partial charge is 0.317 e. The first-order valence-electron chi connectivity index (χ1n) is 11.5. The van der Waals surface area contributed by atoms with Gasteiger partial charge in [-0.15, -0.1) is 0 Å². The van der Waals surface area contributed by atoms with Crippen molar-refractivity contribution in [2.45, 2.75) is 39.3 Å². The molecule has 174 valence electrons. The molecule has 2 aliphatic rings. The first kappa shape index (κ1) is 23.4. The van der Waals surface area contributed by atoms with E-state index in [4.69, 9.17) is 21.6 Å². The molecule has 2 saturated heterocycles. The van der Waals surface area contributed by atoms with Crippen molar-refractivity contribution in [3.8, 4) is 11.8 Å². The van der Waals surface area contributed by atoms with E-state index in [1.165, 1.54) is 5.56 Å². The van der Waals surface area contributed by atoms with Crippen molar-refractivity contribution in [1.82, 2.24) is 15.1 Å². The lowest BCUT2D eigenvalue weighted by molar-refractivity contribution is 0.107. The number of benzene rings is 2. The number of hydrogen-bond donors (Lipinski definition) is 1. The number of nitrogens with zero attached hydrogens (tertiary/aromatic N) is 3. The predicted octanol–water partition coefficient (Wildman–Crippen LogP) is 4.73. The van der Waals surface area contributed by atoms with Crippen LogP contribution in [0.15, 0.2) is 36.4 Å². The molecule has 33 heavy (non-hydrogen) atoms. The van der Waals surface area contributed by atoms with Crippen LogP contribution in [0.4, 0.5) is 4.79 Å². The minimum atomic E-state index is -0.0267. The lowest BCUT2D eigenvalue weighted by atomic mass is 9.79. The Bertz CT molecular complexity index is 1070. The number of rotatable bonds is 5. The van der Waals surface area contributed by atoms with Gasteiger partial charge in [0.1, 0.15) is 11.8 Å². The number of urea groups is 1. The van der Waals surface area contributed by atoms with Crippen LogP contribution in [0.3, 0.4) is 0 Å². The van der Waals surface area contributed by atoms with Crippen molar-refractivity contribution in [2.75, 3.05) is 33.3 Å². The van der Waals surface area contributed by atoms with Crippen LogP contribution in [0.5, 0.6) is 5.75 Å². The van der Waals surface area contributed by atoms with Crippen molar-refractivity contribution >= 4 is 17.6 Å². The van der Waals surface area contributed by atoms with Gasteiger partial charge in [0.15, 0.2) is 0 Å². The van der Waals surface area contributed by atoms with Crippen LogP contribution in [0.25, 0.3) is 0 Å². The maximum absolute atomic E-state index is 12.9. The summed E-state index contributed by atoms with van der Waals surface area (Å²) in [6.45, 7) is 6.97. The number of piperidine rings is 1. The molecule has 4 rings (SSSR count). The maximum Gasteiger partial charge on any atom is 0.317 e. The number of likely N-dealkylation sites (tertiary alicyclic amines) is 2. The fourth-order valence-corrected chi connectivity index (χ4v) is 5.30. The monoisotopic (exact) mass is 466 g/mol. The van der Waals surface area contributed by atoms with Crippen LogP contribution in [0.2, 0.25) is 5.02 Å². The zero-order valence-corrected chi connectivity index (χ0v) is 20.1. The summed E-state index contributed by atoms with van der Waals surface area (Å²) < 4.78 is 5.27. The zero-order valence-electron chi connectivity index (χ0n) is 19.4. The Hall–Kier alpha value is -2.75. The molecule has 1 atom stereocenters. The fraction of sp³-hybridized carbons (Fsp3) is 0.462. The summed E-state index contributed by atoms with van der Waals surface area (Å²) in [6, 6.07) is 13.8. The Morgan fingerprint density at radius 3 is 2.76 bits per heavy atom. The second-order valence-electron chi connectivity index (χ2n) is 9.37. The fourth-order valence-electron chi connectivity index (χ4n) is 5.10. The predicted molar refractivity (Wildman–Crippen MR) is 129 cm³/mol. The van der Waals surface area contributed by atoms with Gasteiger partial charge in [-0.1, -0.05) is 29.8 Å². The molecule has 2 aromatic rings. The van der Waals surface area contributed by atoms with E-state index in [0.717, 1.165) is 68.1 Å². The molecule has 2 aliphatic heterocycles. The summed E-state index contributed by atoms with van der Waals surface area (Å²) in [5.74, 6) is 0.530. The summed E-state index contributed by atoms with van der Waals surface area (Å²) in [5.41, 5.74) is 3.92. The van der Waals surface area contributed by atoms with E-state index >= 15 is 0 Å². The summed E-state index contributed by atoms with van der Waals surface area (Å²) in [6.07, 6.45) is 3.31. The second-order valence-corrected chi connectivity index (χ2v) is 9.78. The van der Waals surface area contributed by atoms with Crippen molar-refractivity contribution < 1.29 is 9.53 Å². The van der Waals surface area contributed by atoms with Crippen molar-refractivity contribution in [2.24, 2.45) is 5.41 Å². The van der Waals surface area contributed by atoms with E-state index in [0.29, 0.717) is 17.9 Å². The normalized spacial score (nSPS) is 20.6. The van der Waals surface area contributed by atoms with Gasteiger partial charge < -0.3 is 15.0 Å². The highest BCUT2D eigenvalue weighted by molar-refractivity contribution is 6.31. The molecule has 2 fully saturated rings. The van der Waals surface area contributed by atoms with Gasteiger partial charge >= 0.3 is 6.03 Å². The molecule has 6 nitrogen and oxygen atoms in total. The number of hydrogen-bond acceptors (Lipinski definition) is 4. The Morgan fingerprint density at radius 1 is 1.18 bits per heavy atom. The van der Waals surface area contributed by atoms with Crippen LogP contribution in [0, 0.1) is 23.7 Å². The minimum absolute atomic E-state index is 0.0267. The zero-order chi connectivity index (χ0) is 23.4. The highest BCUT2D eigenvalue weighted by atomic mass is 35.5. The molecule has 0 saturated carbocycles. The molecule has 0 aromatic heterocycles. The number of methoxy groups -OCH3 is 1. The summed E-state index contributed by atoms with van der Waals surface area (Å²) in [4.78, 5) is 17.4. The van der Waals surface area contributed by atoms with Gasteiger partial charge in [-0.3, -0.25) is 4.90 Å². The number of nitriles is 1.